The molecule has 8 nitrogen and oxygen atoms in total. The second-order valence-corrected chi connectivity index (χ2v) is 6.32. The molecular weight excluding hydrogens is 362 g/mol. The Morgan fingerprint density at radius 2 is 2.26 bits per heavy atom. The predicted octanol–water partition coefficient (Wildman–Crippen LogP) is 3.31. The lowest BCUT2D eigenvalue weighted by molar-refractivity contribution is -0.385. The van der Waals surface area contributed by atoms with Gasteiger partial charge in [0.1, 0.15) is 5.82 Å². The fourth-order valence-electron chi connectivity index (χ4n) is 3.40. The number of H-pyrrole nitrogens is 1. The number of methoxy groups -OCH3 is 1. The third kappa shape index (κ3) is 4.51. The molecule has 1 atom stereocenters. The number of nitrogens with zero attached hydrogens (tertiary/aromatic N) is 3. The number of rotatable bonds is 7. The molecule has 1 N–H and O–H groups in total. The van der Waals surface area contributed by atoms with Crippen LogP contribution in [0.4, 0.5) is 14.5 Å². The minimum Gasteiger partial charge on any atom is -0.493 e. The number of hydrogen-bond acceptors (Lipinski definition) is 6. The Kier molecular flexibility index (Phi) is 5.84. The Hall–Kier alpha value is -2.75. The van der Waals surface area contributed by atoms with Gasteiger partial charge in [0.05, 0.1) is 18.1 Å². The highest BCUT2D eigenvalue weighted by Crippen LogP contribution is 2.37. The predicted molar refractivity (Wildman–Crippen MR) is 92.1 cm³/mol. The Bertz CT molecular complexity index is 785. The highest BCUT2D eigenvalue weighted by Gasteiger charge is 2.27. The Balaban J connectivity index is 1.83. The van der Waals surface area contributed by atoms with Gasteiger partial charge in [-0.05, 0) is 25.5 Å². The molecule has 2 aromatic rings. The molecule has 0 aliphatic carbocycles. The van der Waals surface area contributed by atoms with E-state index in [2.05, 4.69) is 19.6 Å². The van der Waals surface area contributed by atoms with Gasteiger partial charge in [-0.3, -0.25) is 15.0 Å². The highest BCUT2D eigenvalue weighted by molar-refractivity contribution is 5.54. The quantitative estimate of drug-likeness (QED) is 0.583. The summed E-state index contributed by atoms with van der Waals surface area (Å²) in [6, 6.07) is 2.39. The van der Waals surface area contributed by atoms with Gasteiger partial charge < -0.3 is 14.5 Å². The first-order valence-electron chi connectivity index (χ1n) is 8.49. The SMILES string of the molecule is COc1cc(CN2CCC[C@@H](c3ncc[nH]3)C2)c([N+](=O)[O-])cc1OC(F)F. The zero-order valence-electron chi connectivity index (χ0n) is 14.7. The first kappa shape index (κ1) is 19.0. The maximum Gasteiger partial charge on any atom is 0.387 e. The molecule has 0 radical (unpaired) electrons. The number of aromatic nitrogens is 2. The molecule has 1 aromatic heterocycles. The summed E-state index contributed by atoms with van der Waals surface area (Å²) in [5.41, 5.74) is 0.116. The van der Waals surface area contributed by atoms with Crippen LogP contribution in [0.5, 0.6) is 11.5 Å². The molecular formula is C17H20F2N4O4. The summed E-state index contributed by atoms with van der Waals surface area (Å²) in [7, 11) is 1.30. The smallest absolute Gasteiger partial charge is 0.387 e. The average Bonchev–Trinajstić information content (AvgIpc) is 3.17. The van der Waals surface area contributed by atoms with Crippen molar-refractivity contribution in [3.63, 3.8) is 0 Å². The van der Waals surface area contributed by atoms with Crippen molar-refractivity contribution >= 4 is 5.69 Å². The lowest BCUT2D eigenvalue weighted by atomic mass is 9.96. The van der Waals surface area contributed by atoms with Crippen molar-refractivity contribution in [2.75, 3.05) is 20.2 Å². The molecule has 1 aliphatic rings. The van der Waals surface area contributed by atoms with Crippen LogP contribution >= 0.6 is 0 Å². The Morgan fingerprint density at radius 1 is 1.44 bits per heavy atom. The molecule has 0 saturated carbocycles. The lowest BCUT2D eigenvalue weighted by Crippen LogP contribution is -2.34. The van der Waals surface area contributed by atoms with Gasteiger partial charge in [-0.2, -0.15) is 8.78 Å². The molecule has 0 bridgehead atoms. The second kappa shape index (κ2) is 8.30. The van der Waals surface area contributed by atoms with Crippen LogP contribution in [0.1, 0.15) is 30.1 Å². The van der Waals surface area contributed by atoms with Crippen LogP contribution in [0.2, 0.25) is 0 Å². The van der Waals surface area contributed by atoms with Crippen molar-refractivity contribution < 1.29 is 23.2 Å². The molecule has 0 unspecified atom stereocenters. The molecule has 1 aromatic carbocycles. The number of nitro benzene ring substituents is 1. The maximum absolute atomic E-state index is 12.6. The van der Waals surface area contributed by atoms with Crippen LogP contribution in [0.3, 0.4) is 0 Å². The van der Waals surface area contributed by atoms with Crippen LogP contribution in [-0.4, -0.2) is 46.6 Å². The zero-order chi connectivity index (χ0) is 19.4. The fraction of sp³-hybridized carbons (Fsp3) is 0.471. The number of piperidine rings is 1. The monoisotopic (exact) mass is 382 g/mol. The van der Waals surface area contributed by atoms with E-state index in [-0.39, 0.29) is 23.1 Å². The van der Waals surface area contributed by atoms with Crippen LogP contribution in [-0.2, 0) is 6.54 Å². The van der Waals surface area contributed by atoms with Gasteiger partial charge >= 0.3 is 6.61 Å². The van der Waals surface area contributed by atoms with Gasteiger partial charge in [0, 0.05) is 37.0 Å². The summed E-state index contributed by atoms with van der Waals surface area (Å²) in [5, 5.41) is 11.4. The zero-order valence-corrected chi connectivity index (χ0v) is 14.7. The van der Waals surface area contributed by atoms with E-state index >= 15 is 0 Å². The van der Waals surface area contributed by atoms with E-state index in [0.717, 1.165) is 31.3 Å². The van der Waals surface area contributed by atoms with Gasteiger partial charge in [0.25, 0.3) is 5.69 Å². The van der Waals surface area contributed by atoms with Gasteiger partial charge in [-0.1, -0.05) is 0 Å². The largest absolute Gasteiger partial charge is 0.493 e. The third-order valence-corrected chi connectivity index (χ3v) is 4.58. The number of halogens is 2. The van der Waals surface area contributed by atoms with Gasteiger partial charge in [0.2, 0.25) is 0 Å². The lowest BCUT2D eigenvalue weighted by Gasteiger charge is -2.31. The molecule has 1 saturated heterocycles. The number of likely N-dealkylation sites (tertiary alicyclic amines) is 1. The van der Waals surface area contributed by atoms with Crippen molar-refractivity contribution in [2.24, 2.45) is 0 Å². The van der Waals surface area contributed by atoms with E-state index < -0.39 is 11.5 Å². The molecule has 2 heterocycles. The van der Waals surface area contributed by atoms with E-state index in [9.17, 15) is 18.9 Å². The van der Waals surface area contributed by atoms with E-state index in [1.54, 1.807) is 12.4 Å². The first-order valence-corrected chi connectivity index (χ1v) is 8.49. The van der Waals surface area contributed by atoms with Crippen LogP contribution in [0, 0.1) is 10.1 Å². The van der Waals surface area contributed by atoms with Gasteiger partial charge in [-0.15, -0.1) is 0 Å². The molecule has 1 aliphatic heterocycles. The number of alkyl halides is 2. The molecule has 10 heteroatoms. The number of hydrogen-bond donors (Lipinski definition) is 1. The number of ether oxygens (including phenoxy) is 2. The summed E-state index contributed by atoms with van der Waals surface area (Å²) in [5.74, 6) is 0.800. The minimum absolute atomic E-state index is 0.0375. The number of imidazole rings is 1. The molecule has 146 valence electrons. The molecule has 0 spiro atoms. The van der Waals surface area contributed by atoms with E-state index in [0.29, 0.717) is 18.7 Å². The number of aromatic amines is 1. The number of nitro groups is 1. The van der Waals surface area contributed by atoms with Gasteiger partial charge in [0.15, 0.2) is 11.5 Å². The molecule has 1 fully saturated rings. The Morgan fingerprint density at radius 3 is 2.89 bits per heavy atom. The topological polar surface area (TPSA) is 93.5 Å². The summed E-state index contributed by atoms with van der Waals surface area (Å²) >= 11 is 0. The van der Waals surface area contributed by atoms with Crippen LogP contribution < -0.4 is 9.47 Å². The van der Waals surface area contributed by atoms with Crippen molar-refractivity contribution in [1.29, 1.82) is 0 Å². The first-order chi connectivity index (χ1) is 13.0. The van der Waals surface area contributed by atoms with E-state index in [1.807, 2.05) is 0 Å². The summed E-state index contributed by atoms with van der Waals surface area (Å²) in [6.07, 6.45) is 5.39. The standard InChI is InChI=1S/C17H20F2N4O4/c1-26-14-7-12(13(23(24)25)8-15(14)27-17(18)19)10-22-6-2-3-11(9-22)16-20-4-5-21-16/h4-5,7-8,11,17H,2-3,6,9-10H2,1H3,(H,20,21)/t11-/m1/s1. The highest BCUT2D eigenvalue weighted by atomic mass is 19.3. The minimum atomic E-state index is -3.10. The van der Waals surface area contributed by atoms with Crippen molar-refractivity contribution in [2.45, 2.75) is 31.9 Å². The van der Waals surface area contributed by atoms with Gasteiger partial charge in [-0.25, -0.2) is 4.98 Å². The maximum atomic E-state index is 12.6. The third-order valence-electron chi connectivity index (χ3n) is 4.58. The van der Waals surface area contributed by atoms with Crippen molar-refractivity contribution in [3.05, 3.63) is 46.0 Å². The van der Waals surface area contributed by atoms with Crippen molar-refractivity contribution in [3.8, 4) is 11.5 Å². The van der Waals surface area contributed by atoms with E-state index in [1.165, 1.54) is 13.2 Å². The average molecular weight is 382 g/mol. The number of benzene rings is 1. The molecule has 0 amide bonds. The van der Waals surface area contributed by atoms with Crippen LogP contribution in [0.25, 0.3) is 0 Å². The number of nitrogens with one attached hydrogen (secondary N) is 1. The van der Waals surface area contributed by atoms with E-state index in [4.69, 9.17) is 4.74 Å². The van der Waals surface area contributed by atoms with Crippen LogP contribution in [0.15, 0.2) is 24.5 Å². The molecule has 27 heavy (non-hydrogen) atoms. The van der Waals surface area contributed by atoms with Crippen molar-refractivity contribution in [1.82, 2.24) is 14.9 Å². The summed E-state index contributed by atoms with van der Waals surface area (Å²) in [4.78, 5) is 20.3. The molecule has 3 rings (SSSR count). The summed E-state index contributed by atoms with van der Waals surface area (Å²) < 4.78 is 34.5. The second-order valence-electron chi connectivity index (χ2n) is 6.32. The normalized spacial score (nSPS) is 17.9. The fourth-order valence-corrected chi connectivity index (χ4v) is 3.40. The Labute approximate surface area is 154 Å². The summed E-state index contributed by atoms with van der Waals surface area (Å²) in [6.45, 7) is -1.31.